The fourth-order valence-electron chi connectivity index (χ4n) is 2.00. The van der Waals surface area contributed by atoms with Crippen molar-refractivity contribution in [3.63, 3.8) is 0 Å². The lowest BCUT2D eigenvalue weighted by Gasteiger charge is -2.25. The van der Waals surface area contributed by atoms with Gasteiger partial charge in [0.05, 0.1) is 6.42 Å². The van der Waals surface area contributed by atoms with Crippen molar-refractivity contribution in [1.82, 2.24) is 4.90 Å². The number of carbonyl (C=O) groups is 1. The maximum absolute atomic E-state index is 10.6. The summed E-state index contributed by atoms with van der Waals surface area (Å²) < 4.78 is 0. The third-order valence-corrected chi connectivity index (χ3v) is 3.10. The van der Waals surface area contributed by atoms with E-state index in [1.807, 2.05) is 6.07 Å². The standard InChI is InChI=1S/C15H23NO2/c1-13(2)16(12-10-15(17)18)11-6-9-14-7-4-3-5-8-14/h3-5,7-8,13H,6,9-12H2,1-2H3,(H,17,18). The zero-order chi connectivity index (χ0) is 13.4. The molecule has 0 amide bonds. The van der Waals surface area contributed by atoms with Gasteiger partial charge in [-0.3, -0.25) is 4.79 Å². The smallest absolute Gasteiger partial charge is 0.304 e. The molecule has 1 aromatic rings. The lowest BCUT2D eigenvalue weighted by molar-refractivity contribution is -0.137. The molecule has 0 heterocycles. The summed E-state index contributed by atoms with van der Waals surface area (Å²) in [6.45, 7) is 5.83. The molecule has 1 aromatic carbocycles. The van der Waals surface area contributed by atoms with E-state index in [0.717, 1.165) is 19.4 Å². The highest BCUT2D eigenvalue weighted by atomic mass is 16.4. The highest BCUT2D eigenvalue weighted by Gasteiger charge is 2.10. The van der Waals surface area contributed by atoms with Crippen molar-refractivity contribution in [3.05, 3.63) is 35.9 Å². The monoisotopic (exact) mass is 249 g/mol. The second kappa shape index (κ2) is 7.88. The van der Waals surface area contributed by atoms with E-state index in [4.69, 9.17) is 5.11 Å². The average molecular weight is 249 g/mol. The van der Waals surface area contributed by atoms with Crippen molar-refractivity contribution in [3.8, 4) is 0 Å². The molecule has 0 saturated heterocycles. The van der Waals surface area contributed by atoms with E-state index in [9.17, 15) is 4.79 Å². The molecule has 0 aliphatic heterocycles. The third-order valence-electron chi connectivity index (χ3n) is 3.10. The average Bonchev–Trinajstić information content (AvgIpc) is 2.34. The molecule has 1 rings (SSSR count). The Kier molecular flexibility index (Phi) is 6.44. The summed E-state index contributed by atoms with van der Waals surface area (Å²) in [6, 6.07) is 10.8. The first-order chi connectivity index (χ1) is 8.59. The second-order valence-corrected chi connectivity index (χ2v) is 4.86. The van der Waals surface area contributed by atoms with Gasteiger partial charge in [0.25, 0.3) is 0 Å². The van der Waals surface area contributed by atoms with Gasteiger partial charge < -0.3 is 10.0 Å². The first-order valence-corrected chi connectivity index (χ1v) is 6.59. The number of aryl methyl sites for hydroxylation is 1. The van der Waals surface area contributed by atoms with E-state index in [1.54, 1.807) is 0 Å². The lowest BCUT2D eigenvalue weighted by atomic mass is 10.1. The quantitative estimate of drug-likeness (QED) is 0.770. The molecule has 0 saturated carbocycles. The van der Waals surface area contributed by atoms with Crippen molar-refractivity contribution < 1.29 is 9.90 Å². The van der Waals surface area contributed by atoms with Crippen LogP contribution < -0.4 is 0 Å². The van der Waals surface area contributed by atoms with Crippen molar-refractivity contribution in [2.75, 3.05) is 13.1 Å². The normalized spacial score (nSPS) is 11.1. The van der Waals surface area contributed by atoms with Crippen LogP contribution in [0.2, 0.25) is 0 Å². The number of nitrogens with zero attached hydrogens (tertiary/aromatic N) is 1. The predicted molar refractivity (Wildman–Crippen MR) is 73.7 cm³/mol. The summed E-state index contributed by atoms with van der Waals surface area (Å²) in [4.78, 5) is 12.8. The third kappa shape index (κ3) is 5.82. The Labute approximate surface area is 109 Å². The summed E-state index contributed by atoms with van der Waals surface area (Å²) in [5.41, 5.74) is 1.35. The fraction of sp³-hybridized carbons (Fsp3) is 0.533. The van der Waals surface area contributed by atoms with Crippen LogP contribution in [0.5, 0.6) is 0 Å². The molecule has 100 valence electrons. The molecule has 0 bridgehead atoms. The zero-order valence-corrected chi connectivity index (χ0v) is 11.3. The predicted octanol–water partition coefficient (Wildman–Crippen LogP) is 2.80. The number of hydrogen-bond donors (Lipinski definition) is 1. The summed E-state index contributed by atoms with van der Waals surface area (Å²) in [7, 11) is 0. The lowest BCUT2D eigenvalue weighted by Crippen LogP contribution is -2.34. The van der Waals surface area contributed by atoms with Gasteiger partial charge in [-0.05, 0) is 38.8 Å². The molecular weight excluding hydrogens is 226 g/mol. The maximum Gasteiger partial charge on any atom is 0.304 e. The topological polar surface area (TPSA) is 40.5 Å². The minimum absolute atomic E-state index is 0.226. The Morgan fingerprint density at radius 1 is 1.22 bits per heavy atom. The number of aliphatic carboxylic acids is 1. The zero-order valence-electron chi connectivity index (χ0n) is 11.3. The molecular formula is C15H23NO2. The van der Waals surface area contributed by atoms with Crippen LogP contribution in [0, 0.1) is 0 Å². The Morgan fingerprint density at radius 2 is 1.89 bits per heavy atom. The minimum Gasteiger partial charge on any atom is -0.481 e. The number of hydrogen-bond acceptors (Lipinski definition) is 2. The SMILES string of the molecule is CC(C)N(CCCc1ccccc1)CCC(=O)O. The molecule has 3 heteroatoms. The van der Waals surface area contributed by atoms with Crippen LogP contribution in [0.1, 0.15) is 32.3 Å². The van der Waals surface area contributed by atoms with Crippen LogP contribution in [-0.2, 0) is 11.2 Å². The van der Waals surface area contributed by atoms with Crippen molar-refractivity contribution in [1.29, 1.82) is 0 Å². The summed E-state index contributed by atoms with van der Waals surface area (Å²) in [5, 5.41) is 8.72. The van der Waals surface area contributed by atoms with Crippen LogP contribution in [0.4, 0.5) is 0 Å². The molecule has 0 unspecified atom stereocenters. The molecule has 0 atom stereocenters. The number of rotatable bonds is 8. The minimum atomic E-state index is -0.719. The van der Waals surface area contributed by atoms with Gasteiger partial charge in [-0.15, -0.1) is 0 Å². The van der Waals surface area contributed by atoms with E-state index in [1.165, 1.54) is 5.56 Å². The van der Waals surface area contributed by atoms with E-state index >= 15 is 0 Å². The highest BCUT2D eigenvalue weighted by molar-refractivity contribution is 5.66. The Hall–Kier alpha value is -1.35. The van der Waals surface area contributed by atoms with Crippen LogP contribution in [0.3, 0.4) is 0 Å². The second-order valence-electron chi connectivity index (χ2n) is 4.86. The Morgan fingerprint density at radius 3 is 2.44 bits per heavy atom. The van der Waals surface area contributed by atoms with Crippen LogP contribution >= 0.6 is 0 Å². The molecule has 0 radical (unpaired) electrons. The molecule has 0 aliphatic rings. The molecule has 0 spiro atoms. The Bertz CT molecular complexity index is 349. The van der Waals surface area contributed by atoms with Gasteiger partial charge in [-0.1, -0.05) is 30.3 Å². The van der Waals surface area contributed by atoms with E-state index in [0.29, 0.717) is 12.6 Å². The molecule has 0 aromatic heterocycles. The summed E-state index contributed by atoms with van der Waals surface area (Å²) in [6.07, 6.45) is 2.35. The van der Waals surface area contributed by atoms with Gasteiger partial charge >= 0.3 is 5.97 Å². The Balaban J connectivity index is 2.31. The van der Waals surface area contributed by atoms with Gasteiger partial charge in [-0.25, -0.2) is 0 Å². The van der Waals surface area contributed by atoms with Gasteiger partial charge in [0.1, 0.15) is 0 Å². The van der Waals surface area contributed by atoms with Gasteiger partial charge in [0, 0.05) is 12.6 Å². The molecule has 0 fully saturated rings. The van der Waals surface area contributed by atoms with Crippen molar-refractivity contribution >= 4 is 5.97 Å². The number of carboxylic acid groups (broad SMARTS) is 1. The van der Waals surface area contributed by atoms with Gasteiger partial charge in [0.2, 0.25) is 0 Å². The maximum atomic E-state index is 10.6. The van der Waals surface area contributed by atoms with Crippen LogP contribution in [0.15, 0.2) is 30.3 Å². The van der Waals surface area contributed by atoms with Crippen molar-refractivity contribution in [2.45, 2.75) is 39.2 Å². The van der Waals surface area contributed by atoms with Crippen LogP contribution in [-0.4, -0.2) is 35.1 Å². The van der Waals surface area contributed by atoms with Gasteiger partial charge in [-0.2, -0.15) is 0 Å². The fourth-order valence-corrected chi connectivity index (χ4v) is 2.00. The molecule has 18 heavy (non-hydrogen) atoms. The molecule has 0 aliphatic carbocycles. The van der Waals surface area contributed by atoms with E-state index < -0.39 is 5.97 Å². The van der Waals surface area contributed by atoms with E-state index in [-0.39, 0.29) is 6.42 Å². The summed E-state index contributed by atoms with van der Waals surface area (Å²) in [5.74, 6) is -0.719. The van der Waals surface area contributed by atoms with E-state index in [2.05, 4.69) is 43.0 Å². The first-order valence-electron chi connectivity index (χ1n) is 6.59. The summed E-state index contributed by atoms with van der Waals surface area (Å²) >= 11 is 0. The number of carboxylic acids is 1. The van der Waals surface area contributed by atoms with Crippen molar-refractivity contribution in [2.24, 2.45) is 0 Å². The van der Waals surface area contributed by atoms with Crippen LogP contribution in [0.25, 0.3) is 0 Å². The number of benzene rings is 1. The highest BCUT2D eigenvalue weighted by Crippen LogP contribution is 2.06. The largest absolute Gasteiger partial charge is 0.481 e. The first kappa shape index (κ1) is 14.7. The molecule has 1 N–H and O–H groups in total. The van der Waals surface area contributed by atoms with Gasteiger partial charge in [0.15, 0.2) is 0 Å². The molecule has 3 nitrogen and oxygen atoms in total.